The van der Waals surface area contributed by atoms with Gasteiger partial charge in [-0.2, -0.15) is 0 Å². The van der Waals surface area contributed by atoms with E-state index >= 15 is 0 Å². The predicted octanol–water partition coefficient (Wildman–Crippen LogP) is 0.635. The molecule has 1 aliphatic rings. The average Bonchev–Trinajstić information content (AvgIpc) is 2.47. The summed E-state index contributed by atoms with van der Waals surface area (Å²) in [6.07, 6.45) is 1.04. The molecule has 1 atom stereocenters. The van der Waals surface area contributed by atoms with Gasteiger partial charge in [0.05, 0.1) is 25.7 Å². The molecule has 1 heterocycles. The van der Waals surface area contributed by atoms with Gasteiger partial charge < -0.3 is 20.1 Å². The number of methoxy groups -OCH3 is 1. The lowest BCUT2D eigenvalue weighted by Crippen LogP contribution is -2.56. The van der Waals surface area contributed by atoms with Crippen molar-refractivity contribution < 1.29 is 19.1 Å². The van der Waals surface area contributed by atoms with Crippen LogP contribution in [0.25, 0.3) is 0 Å². The zero-order chi connectivity index (χ0) is 14.3. The van der Waals surface area contributed by atoms with Gasteiger partial charge in [-0.1, -0.05) is 13.8 Å². The van der Waals surface area contributed by atoms with Gasteiger partial charge in [-0.05, 0) is 12.8 Å². The van der Waals surface area contributed by atoms with Crippen molar-refractivity contribution in [1.29, 1.82) is 0 Å². The molecule has 1 rings (SSSR count). The first-order valence-corrected chi connectivity index (χ1v) is 6.78. The predicted molar refractivity (Wildman–Crippen MR) is 77.9 cm³/mol. The smallest absolute Gasteiger partial charge is 0.307 e. The lowest BCUT2D eigenvalue weighted by molar-refractivity contribution is -0.144. The number of amides is 1. The van der Waals surface area contributed by atoms with Crippen LogP contribution < -0.4 is 10.6 Å². The third-order valence-corrected chi connectivity index (χ3v) is 3.67. The fraction of sp³-hybridized carbons (Fsp3) is 0.846. The standard InChI is InChI=1S/C13H24N2O4.ClH/c1-4-13(5-2,8-11(16)18-3)15-12(17)10-9-14-6-7-19-10;/h10,14H,4-9H2,1-3H3,(H,15,17);1H. The quantitative estimate of drug-likeness (QED) is 0.704. The summed E-state index contributed by atoms with van der Waals surface area (Å²) in [7, 11) is 1.36. The highest BCUT2D eigenvalue weighted by molar-refractivity contribution is 5.85. The van der Waals surface area contributed by atoms with Crippen LogP contribution in [-0.2, 0) is 19.1 Å². The minimum atomic E-state index is -0.551. The Balaban J connectivity index is 0.00000361. The summed E-state index contributed by atoms with van der Waals surface area (Å²) in [6, 6.07) is 0. The van der Waals surface area contributed by atoms with Gasteiger partial charge in [0.15, 0.2) is 0 Å². The topological polar surface area (TPSA) is 76.7 Å². The highest BCUT2D eigenvalue weighted by Crippen LogP contribution is 2.21. The molecule has 6 nitrogen and oxygen atoms in total. The molecule has 2 N–H and O–H groups in total. The first kappa shape index (κ1) is 19.1. The van der Waals surface area contributed by atoms with E-state index in [1.165, 1.54) is 7.11 Å². The van der Waals surface area contributed by atoms with Crippen LogP contribution in [0.5, 0.6) is 0 Å². The molecule has 1 aliphatic heterocycles. The molecule has 0 bridgehead atoms. The van der Waals surface area contributed by atoms with Crippen molar-refractivity contribution in [2.75, 3.05) is 26.8 Å². The molecule has 0 radical (unpaired) electrons. The number of esters is 1. The molecule has 7 heteroatoms. The summed E-state index contributed by atoms with van der Waals surface area (Å²) in [5.41, 5.74) is -0.551. The fourth-order valence-electron chi connectivity index (χ4n) is 2.15. The van der Waals surface area contributed by atoms with Crippen LogP contribution in [0.3, 0.4) is 0 Å². The van der Waals surface area contributed by atoms with E-state index in [2.05, 4.69) is 10.6 Å². The number of hydrogen-bond donors (Lipinski definition) is 2. The summed E-state index contributed by atoms with van der Waals surface area (Å²) >= 11 is 0. The lowest BCUT2D eigenvalue weighted by atomic mass is 9.88. The van der Waals surface area contributed by atoms with Crippen LogP contribution >= 0.6 is 12.4 Å². The molecule has 1 fully saturated rings. The monoisotopic (exact) mass is 308 g/mol. The van der Waals surface area contributed by atoms with E-state index in [1.807, 2.05) is 13.8 Å². The maximum Gasteiger partial charge on any atom is 0.307 e. The molecule has 0 aliphatic carbocycles. The van der Waals surface area contributed by atoms with Gasteiger partial charge >= 0.3 is 5.97 Å². The number of nitrogens with one attached hydrogen (secondary N) is 2. The summed E-state index contributed by atoms with van der Waals surface area (Å²) in [5, 5.41) is 6.07. The number of hydrogen-bond acceptors (Lipinski definition) is 5. The van der Waals surface area contributed by atoms with E-state index in [9.17, 15) is 9.59 Å². The molecule has 1 amide bonds. The van der Waals surface area contributed by atoms with Gasteiger partial charge in [0.2, 0.25) is 0 Å². The van der Waals surface area contributed by atoms with Crippen molar-refractivity contribution >= 4 is 24.3 Å². The van der Waals surface area contributed by atoms with Crippen LogP contribution in [0.2, 0.25) is 0 Å². The number of morpholine rings is 1. The van der Waals surface area contributed by atoms with E-state index < -0.39 is 11.6 Å². The zero-order valence-electron chi connectivity index (χ0n) is 12.4. The third kappa shape index (κ3) is 5.26. The van der Waals surface area contributed by atoms with Crippen molar-refractivity contribution in [2.45, 2.75) is 44.8 Å². The van der Waals surface area contributed by atoms with E-state index in [0.717, 1.165) is 6.54 Å². The van der Waals surface area contributed by atoms with Crippen LogP contribution in [0, 0.1) is 0 Å². The van der Waals surface area contributed by atoms with Crippen molar-refractivity contribution in [2.24, 2.45) is 0 Å². The van der Waals surface area contributed by atoms with Crippen LogP contribution in [0.4, 0.5) is 0 Å². The Morgan fingerprint density at radius 1 is 1.40 bits per heavy atom. The lowest BCUT2D eigenvalue weighted by Gasteiger charge is -2.34. The summed E-state index contributed by atoms with van der Waals surface area (Å²) in [4.78, 5) is 23.7. The number of halogens is 1. The minimum Gasteiger partial charge on any atom is -0.469 e. The Bertz CT molecular complexity index is 315. The summed E-state index contributed by atoms with van der Waals surface area (Å²) < 4.78 is 10.1. The molecule has 118 valence electrons. The van der Waals surface area contributed by atoms with Gasteiger partial charge in [0, 0.05) is 13.1 Å². The van der Waals surface area contributed by atoms with Crippen molar-refractivity contribution in [3.05, 3.63) is 0 Å². The first-order chi connectivity index (χ1) is 9.06. The van der Waals surface area contributed by atoms with Crippen LogP contribution in [-0.4, -0.2) is 50.3 Å². The number of carbonyl (C=O) groups is 2. The van der Waals surface area contributed by atoms with Gasteiger partial charge in [0.1, 0.15) is 6.10 Å². The summed E-state index contributed by atoms with van der Waals surface area (Å²) in [5.74, 6) is -0.480. The fourth-order valence-corrected chi connectivity index (χ4v) is 2.15. The molecule has 0 saturated carbocycles. The SMILES string of the molecule is CCC(CC)(CC(=O)OC)NC(=O)C1CNCCO1.Cl. The van der Waals surface area contributed by atoms with E-state index in [0.29, 0.717) is 26.0 Å². The second kappa shape index (κ2) is 9.15. The summed E-state index contributed by atoms with van der Waals surface area (Å²) in [6.45, 7) is 5.70. The molecular weight excluding hydrogens is 284 g/mol. The molecule has 0 aromatic rings. The second-order valence-electron chi connectivity index (χ2n) is 4.79. The van der Waals surface area contributed by atoms with Gasteiger partial charge in [0.25, 0.3) is 5.91 Å². The highest BCUT2D eigenvalue weighted by Gasteiger charge is 2.34. The van der Waals surface area contributed by atoms with E-state index in [1.54, 1.807) is 0 Å². The highest BCUT2D eigenvalue weighted by atomic mass is 35.5. The maximum atomic E-state index is 12.2. The molecular formula is C13H25ClN2O4. The van der Waals surface area contributed by atoms with Crippen molar-refractivity contribution in [3.8, 4) is 0 Å². The maximum absolute atomic E-state index is 12.2. The Hall–Kier alpha value is -0.850. The van der Waals surface area contributed by atoms with Crippen molar-refractivity contribution in [1.82, 2.24) is 10.6 Å². The molecule has 1 saturated heterocycles. The molecule has 1 unspecified atom stereocenters. The largest absolute Gasteiger partial charge is 0.469 e. The van der Waals surface area contributed by atoms with Crippen LogP contribution in [0.1, 0.15) is 33.1 Å². The molecule has 0 spiro atoms. The Morgan fingerprint density at radius 3 is 2.50 bits per heavy atom. The Labute approximate surface area is 126 Å². The number of rotatable bonds is 6. The van der Waals surface area contributed by atoms with Gasteiger partial charge in [-0.3, -0.25) is 9.59 Å². The van der Waals surface area contributed by atoms with Gasteiger partial charge in [-0.15, -0.1) is 12.4 Å². The number of ether oxygens (including phenoxy) is 2. The Kier molecular flexibility index (Phi) is 8.76. The van der Waals surface area contributed by atoms with E-state index in [4.69, 9.17) is 9.47 Å². The number of carbonyl (C=O) groups excluding carboxylic acids is 2. The van der Waals surface area contributed by atoms with Crippen molar-refractivity contribution in [3.63, 3.8) is 0 Å². The normalized spacial score (nSPS) is 18.9. The van der Waals surface area contributed by atoms with Gasteiger partial charge in [-0.25, -0.2) is 0 Å². The molecule has 0 aromatic heterocycles. The van der Waals surface area contributed by atoms with E-state index in [-0.39, 0.29) is 30.7 Å². The minimum absolute atomic E-state index is 0. The second-order valence-corrected chi connectivity index (χ2v) is 4.79. The zero-order valence-corrected chi connectivity index (χ0v) is 13.2. The molecule has 0 aromatic carbocycles. The Morgan fingerprint density at radius 2 is 2.05 bits per heavy atom. The van der Waals surface area contributed by atoms with Crippen LogP contribution in [0.15, 0.2) is 0 Å². The first-order valence-electron chi connectivity index (χ1n) is 6.78. The third-order valence-electron chi connectivity index (χ3n) is 3.67. The molecule has 20 heavy (non-hydrogen) atoms. The average molecular weight is 309 g/mol.